The van der Waals surface area contributed by atoms with E-state index < -0.39 is 17.3 Å². The number of aromatic carboxylic acids is 1. The largest absolute Gasteiger partial charge is 0.478 e. The van der Waals surface area contributed by atoms with Gasteiger partial charge in [0.15, 0.2) is 0 Å². The molecular weight excluding hydrogens is 278 g/mol. The number of hydrogen-bond donors (Lipinski definition) is 1. The van der Waals surface area contributed by atoms with Crippen LogP contribution in [0.3, 0.4) is 0 Å². The third kappa shape index (κ3) is 2.33. The third-order valence-corrected chi connectivity index (χ3v) is 3.00. The van der Waals surface area contributed by atoms with Crippen molar-refractivity contribution < 1.29 is 14.3 Å². The average molecular weight is 285 g/mol. The Bertz CT molecular complexity index is 626. The molecule has 2 nitrogen and oxygen atoms in total. The molecule has 2 rings (SSSR count). The number of halogens is 3. The smallest absolute Gasteiger partial charge is 0.338 e. The second-order valence-electron chi connectivity index (χ2n) is 3.60. The van der Waals surface area contributed by atoms with Gasteiger partial charge in [0.1, 0.15) is 5.82 Å². The fourth-order valence-corrected chi connectivity index (χ4v) is 2.12. The standard InChI is InChI=1S/C13H7Cl2FO2/c14-7-4-5-8(11(15)6-7)9-2-1-3-10(12(9)16)13(17)18/h1-6H,(H,17,18). The minimum Gasteiger partial charge on any atom is -0.478 e. The molecule has 1 N–H and O–H groups in total. The van der Waals surface area contributed by atoms with E-state index in [0.29, 0.717) is 10.6 Å². The van der Waals surface area contributed by atoms with E-state index in [1.54, 1.807) is 12.1 Å². The molecule has 0 atom stereocenters. The van der Waals surface area contributed by atoms with Gasteiger partial charge in [-0.25, -0.2) is 9.18 Å². The fraction of sp³-hybridized carbons (Fsp3) is 0. The van der Waals surface area contributed by atoms with Crippen molar-refractivity contribution in [2.45, 2.75) is 0 Å². The summed E-state index contributed by atoms with van der Waals surface area (Å²) in [4.78, 5) is 10.9. The first-order valence-corrected chi connectivity index (χ1v) is 5.73. The summed E-state index contributed by atoms with van der Waals surface area (Å²) in [6.07, 6.45) is 0. The van der Waals surface area contributed by atoms with Crippen molar-refractivity contribution in [3.05, 3.63) is 57.8 Å². The minimum absolute atomic E-state index is 0.136. The van der Waals surface area contributed by atoms with Gasteiger partial charge in [0.05, 0.1) is 5.56 Å². The molecule has 0 unspecified atom stereocenters. The number of carboxylic acid groups (broad SMARTS) is 1. The molecule has 2 aromatic carbocycles. The highest BCUT2D eigenvalue weighted by Gasteiger charge is 2.16. The summed E-state index contributed by atoms with van der Waals surface area (Å²) >= 11 is 11.7. The first-order valence-electron chi connectivity index (χ1n) is 4.98. The van der Waals surface area contributed by atoms with Gasteiger partial charge in [-0.2, -0.15) is 0 Å². The molecular formula is C13H7Cl2FO2. The molecule has 0 saturated carbocycles. The average Bonchev–Trinajstić information content (AvgIpc) is 2.30. The SMILES string of the molecule is O=C(O)c1cccc(-c2ccc(Cl)cc2Cl)c1F. The van der Waals surface area contributed by atoms with Gasteiger partial charge in [-0.05, 0) is 18.2 Å². The highest BCUT2D eigenvalue weighted by atomic mass is 35.5. The molecule has 0 spiro atoms. The van der Waals surface area contributed by atoms with E-state index >= 15 is 0 Å². The predicted molar refractivity (Wildman–Crippen MR) is 68.8 cm³/mol. The van der Waals surface area contributed by atoms with Crippen molar-refractivity contribution in [2.75, 3.05) is 0 Å². The highest BCUT2D eigenvalue weighted by Crippen LogP contribution is 2.32. The Hall–Kier alpha value is -1.58. The first kappa shape index (κ1) is 12.9. The molecule has 5 heteroatoms. The molecule has 0 saturated heterocycles. The van der Waals surface area contributed by atoms with E-state index in [1.165, 1.54) is 24.3 Å². The number of hydrogen-bond acceptors (Lipinski definition) is 1. The lowest BCUT2D eigenvalue weighted by molar-refractivity contribution is 0.0692. The third-order valence-electron chi connectivity index (χ3n) is 2.45. The van der Waals surface area contributed by atoms with Gasteiger partial charge in [-0.3, -0.25) is 0 Å². The van der Waals surface area contributed by atoms with E-state index in [4.69, 9.17) is 28.3 Å². The minimum atomic E-state index is -1.32. The maximum Gasteiger partial charge on any atom is 0.338 e. The maximum atomic E-state index is 14.0. The Morgan fingerprint density at radius 3 is 2.44 bits per heavy atom. The number of carboxylic acids is 1. The molecule has 0 bridgehead atoms. The lowest BCUT2D eigenvalue weighted by atomic mass is 10.0. The Balaban J connectivity index is 2.64. The van der Waals surface area contributed by atoms with E-state index in [1.807, 2.05) is 0 Å². The second kappa shape index (κ2) is 4.96. The van der Waals surface area contributed by atoms with Gasteiger partial charge in [0.2, 0.25) is 0 Å². The normalized spacial score (nSPS) is 10.4. The molecule has 0 heterocycles. The molecule has 92 valence electrons. The van der Waals surface area contributed by atoms with Crippen LogP contribution >= 0.6 is 23.2 Å². The molecule has 0 fully saturated rings. The van der Waals surface area contributed by atoms with Crippen molar-refractivity contribution in [2.24, 2.45) is 0 Å². The molecule has 0 aliphatic carbocycles. The molecule has 0 aliphatic rings. The Labute approximate surface area is 113 Å². The van der Waals surface area contributed by atoms with Crippen molar-refractivity contribution >= 4 is 29.2 Å². The summed E-state index contributed by atoms with van der Waals surface area (Å²) in [6, 6.07) is 8.73. The van der Waals surface area contributed by atoms with Crippen LogP contribution in [0.5, 0.6) is 0 Å². The zero-order valence-electron chi connectivity index (χ0n) is 8.95. The number of benzene rings is 2. The van der Waals surface area contributed by atoms with Crippen LogP contribution in [0.25, 0.3) is 11.1 Å². The Morgan fingerprint density at radius 2 is 1.83 bits per heavy atom. The predicted octanol–water partition coefficient (Wildman–Crippen LogP) is 4.50. The van der Waals surface area contributed by atoms with Crippen LogP contribution in [-0.2, 0) is 0 Å². The zero-order valence-corrected chi connectivity index (χ0v) is 10.5. The molecule has 0 aromatic heterocycles. The summed E-state index contributed by atoms with van der Waals surface area (Å²) in [5, 5.41) is 9.55. The van der Waals surface area contributed by atoms with Crippen molar-refractivity contribution in [3.8, 4) is 11.1 Å². The lowest BCUT2D eigenvalue weighted by Crippen LogP contribution is -2.01. The maximum absolute atomic E-state index is 14.0. The monoisotopic (exact) mass is 284 g/mol. The van der Waals surface area contributed by atoms with E-state index in [9.17, 15) is 9.18 Å². The lowest BCUT2D eigenvalue weighted by Gasteiger charge is -2.08. The van der Waals surface area contributed by atoms with Crippen molar-refractivity contribution in [3.63, 3.8) is 0 Å². The molecule has 0 radical (unpaired) electrons. The van der Waals surface area contributed by atoms with Gasteiger partial charge in [0.25, 0.3) is 0 Å². The first-order chi connectivity index (χ1) is 8.50. The molecule has 2 aromatic rings. The fourth-order valence-electron chi connectivity index (χ4n) is 1.61. The highest BCUT2D eigenvalue weighted by molar-refractivity contribution is 6.36. The summed E-state index contributed by atoms with van der Waals surface area (Å²) in [5.41, 5.74) is 0.150. The Morgan fingerprint density at radius 1 is 1.11 bits per heavy atom. The van der Waals surface area contributed by atoms with Gasteiger partial charge >= 0.3 is 5.97 Å². The van der Waals surface area contributed by atoms with Crippen LogP contribution in [0.2, 0.25) is 10.0 Å². The zero-order chi connectivity index (χ0) is 13.3. The second-order valence-corrected chi connectivity index (χ2v) is 4.44. The van der Waals surface area contributed by atoms with Gasteiger partial charge in [-0.1, -0.05) is 41.4 Å². The van der Waals surface area contributed by atoms with Crippen LogP contribution in [0, 0.1) is 5.82 Å². The number of rotatable bonds is 2. The van der Waals surface area contributed by atoms with E-state index in [2.05, 4.69) is 0 Å². The van der Waals surface area contributed by atoms with Crippen molar-refractivity contribution in [1.82, 2.24) is 0 Å². The van der Waals surface area contributed by atoms with Crippen LogP contribution in [-0.4, -0.2) is 11.1 Å². The van der Waals surface area contributed by atoms with Gasteiger partial charge in [-0.15, -0.1) is 0 Å². The summed E-state index contributed by atoms with van der Waals surface area (Å²) in [5.74, 6) is -2.13. The van der Waals surface area contributed by atoms with Crippen LogP contribution < -0.4 is 0 Å². The van der Waals surface area contributed by atoms with E-state index in [-0.39, 0.29) is 10.6 Å². The van der Waals surface area contributed by atoms with E-state index in [0.717, 1.165) is 0 Å². The number of carbonyl (C=O) groups is 1. The molecule has 0 aliphatic heterocycles. The topological polar surface area (TPSA) is 37.3 Å². The molecule has 18 heavy (non-hydrogen) atoms. The van der Waals surface area contributed by atoms with Gasteiger partial charge < -0.3 is 5.11 Å². The quantitative estimate of drug-likeness (QED) is 0.882. The molecule has 0 amide bonds. The summed E-state index contributed by atoms with van der Waals surface area (Å²) in [6.45, 7) is 0. The van der Waals surface area contributed by atoms with Crippen LogP contribution in [0.1, 0.15) is 10.4 Å². The summed E-state index contributed by atoms with van der Waals surface area (Å²) in [7, 11) is 0. The van der Waals surface area contributed by atoms with Crippen molar-refractivity contribution in [1.29, 1.82) is 0 Å². The van der Waals surface area contributed by atoms with Crippen LogP contribution in [0.15, 0.2) is 36.4 Å². The summed E-state index contributed by atoms with van der Waals surface area (Å²) < 4.78 is 14.0. The van der Waals surface area contributed by atoms with Crippen LogP contribution in [0.4, 0.5) is 4.39 Å². The van der Waals surface area contributed by atoms with Gasteiger partial charge in [0, 0.05) is 21.2 Å². The Kier molecular flexibility index (Phi) is 3.55.